The zero-order chi connectivity index (χ0) is 22.1. The Hall–Kier alpha value is -4.14. The number of carbonyl (C=O) groups is 1. The minimum Gasteiger partial charge on any atom is -0.492 e. The third kappa shape index (κ3) is 3.92. The van der Waals surface area contributed by atoms with Crippen LogP contribution in [0.15, 0.2) is 72.8 Å². The number of rotatable bonds is 6. The SMILES string of the molecule is O=C(Nc1ccc2c(c1)OC(F)(F)O2)c1nn(CCOc2ccccc2)c2ccccc12. The highest BCUT2D eigenvalue weighted by atomic mass is 19.3. The van der Waals surface area contributed by atoms with E-state index in [0.29, 0.717) is 18.5 Å². The molecule has 0 spiro atoms. The van der Waals surface area contributed by atoms with E-state index in [1.807, 2.05) is 48.5 Å². The second-order valence-corrected chi connectivity index (χ2v) is 7.03. The molecule has 1 aliphatic heterocycles. The molecule has 1 N–H and O–H groups in total. The number of hydrogen-bond donors (Lipinski definition) is 1. The number of anilines is 1. The maximum absolute atomic E-state index is 13.2. The van der Waals surface area contributed by atoms with Crippen LogP contribution in [0.5, 0.6) is 17.2 Å². The van der Waals surface area contributed by atoms with Crippen LogP contribution in [-0.2, 0) is 6.54 Å². The Kier molecular flexibility index (Phi) is 4.85. The van der Waals surface area contributed by atoms with Gasteiger partial charge in [0.1, 0.15) is 12.4 Å². The zero-order valence-corrected chi connectivity index (χ0v) is 16.6. The molecular weight excluding hydrogens is 420 g/mol. The third-order valence-electron chi connectivity index (χ3n) is 4.85. The molecule has 0 saturated heterocycles. The fraction of sp³-hybridized carbons (Fsp3) is 0.130. The van der Waals surface area contributed by atoms with Gasteiger partial charge < -0.3 is 19.5 Å². The van der Waals surface area contributed by atoms with Crippen molar-refractivity contribution in [1.29, 1.82) is 0 Å². The van der Waals surface area contributed by atoms with Crippen molar-refractivity contribution in [3.8, 4) is 17.2 Å². The van der Waals surface area contributed by atoms with Crippen molar-refractivity contribution in [3.63, 3.8) is 0 Å². The normalized spacial score (nSPS) is 13.8. The average molecular weight is 437 g/mol. The molecule has 32 heavy (non-hydrogen) atoms. The number of halogens is 2. The molecular formula is C23H17F2N3O4. The molecule has 0 radical (unpaired) electrons. The number of ether oxygens (including phenoxy) is 3. The first-order chi connectivity index (χ1) is 15.5. The number of hydrogen-bond acceptors (Lipinski definition) is 5. The summed E-state index contributed by atoms with van der Waals surface area (Å²) in [4.78, 5) is 12.9. The summed E-state index contributed by atoms with van der Waals surface area (Å²) in [6, 6.07) is 20.8. The largest absolute Gasteiger partial charge is 0.586 e. The highest BCUT2D eigenvalue weighted by Gasteiger charge is 2.43. The Bertz CT molecular complexity index is 1290. The summed E-state index contributed by atoms with van der Waals surface area (Å²) >= 11 is 0. The first kappa shape index (κ1) is 19.8. The standard InChI is InChI=1S/C23H17F2N3O4/c24-23(25)31-19-11-10-15(14-20(19)32-23)26-22(29)21-17-8-4-5-9-18(17)28(27-21)12-13-30-16-6-2-1-3-7-16/h1-11,14H,12-13H2,(H,26,29). The monoisotopic (exact) mass is 437 g/mol. The molecule has 0 unspecified atom stereocenters. The van der Waals surface area contributed by atoms with Gasteiger partial charge in [-0.05, 0) is 30.3 Å². The number of alkyl halides is 2. The van der Waals surface area contributed by atoms with E-state index in [4.69, 9.17) is 4.74 Å². The number of nitrogens with one attached hydrogen (secondary N) is 1. The van der Waals surface area contributed by atoms with Crippen molar-refractivity contribution >= 4 is 22.5 Å². The molecule has 4 aromatic rings. The molecule has 7 nitrogen and oxygen atoms in total. The van der Waals surface area contributed by atoms with Crippen molar-refractivity contribution in [2.45, 2.75) is 12.8 Å². The number of fused-ring (bicyclic) bond motifs is 2. The second kappa shape index (κ2) is 7.84. The van der Waals surface area contributed by atoms with Gasteiger partial charge in [0.2, 0.25) is 0 Å². The lowest BCUT2D eigenvalue weighted by atomic mass is 10.2. The van der Waals surface area contributed by atoms with Crippen molar-refractivity contribution in [2.24, 2.45) is 0 Å². The molecule has 0 bridgehead atoms. The van der Waals surface area contributed by atoms with Crippen LogP contribution in [0.3, 0.4) is 0 Å². The molecule has 3 aromatic carbocycles. The molecule has 9 heteroatoms. The lowest BCUT2D eigenvalue weighted by Crippen LogP contribution is -2.25. The van der Waals surface area contributed by atoms with Crippen molar-refractivity contribution in [3.05, 3.63) is 78.5 Å². The quantitative estimate of drug-likeness (QED) is 0.474. The summed E-state index contributed by atoms with van der Waals surface area (Å²) in [5.41, 5.74) is 1.27. The van der Waals surface area contributed by atoms with Gasteiger partial charge >= 0.3 is 6.29 Å². The number of amides is 1. The lowest BCUT2D eigenvalue weighted by Gasteiger charge is -2.07. The predicted octanol–water partition coefficient (Wildman–Crippen LogP) is 4.69. The Labute approximate surface area is 181 Å². The molecule has 162 valence electrons. The van der Waals surface area contributed by atoms with E-state index in [-0.39, 0.29) is 22.9 Å². The molecule has 1 aromatic heterocycles. The van der Waals surface area contributed by atoms with Crippen LogP contribution in [0.4, 0.5) is 14.5 Å². The van der Waals surface area contributed by atoms with E-state index in [9.17, 15) is 13.6 Å². The average Bonchev–Trinajstić information content (AvgIpc) is 3.30. The fourth-order valence-electron chi connectivity index (χ4n) is 3.45. The minimum atomic E-state index is -3.72. The van der Waals surface area contributed by atoms with E-state index in [0.717, 1.165) is 11.3 Å². The third-order valence-corrected chi connectivity index (χ3v) is 4.85. The van der Waals surface area contributed by atoms with Gasteiger partial charge in [0.25, 0.3) is 5.91 Å². The fourth-order valence-corrected chi connectivity index (χ4v) is 3.45. The smallest absolute Gasteiger partial charge is 0.492 e. The van der Waals surface area contributed by atoms with Gasteiger partial charge in [0.05, 0.1) is 12.1 Å². The summed E-state index contributed by atoms with van der Waals surface area (Å²) in [6.07, 6.45) is -3.72. The molecule has 1 amide bonds. The van der Waals surface area contributed by atoms with Crippen LogP contribution in [-0.4, -0.2) is 28.6 Å². The van der Waals surface area contributed by atoms with Crippen LogP contribution in [0, 0.1) is 0 Å². The van der Waals surface area contributed by atoms with E-state index < -0.39 is 12.2 Å². The predicted molar refractivity (Wildman–Crippen MR) is 112 cm³/mol. The van der Waals surface area contributed by atoms with Gasteiger partial charge in [0, 0.05) is 17.1 Å². The summed E-state index contributed by atoms with van der Waals surface area (Å²) < 4.78 is 42.7. The van der Waals surface area contributed by atoms with Crippen molar-refractivity contribution in [2.75, 3.05) is 11.9 Å². The van der Waals surface area contributed by atoms with Gasteiger partial charge in [-0.3, -0.25) is 9.48 Å². The number of para-hydroxylation sites is 2. The van der Waals surface area contributed by atoms with Gasteiger partial charge in [-0.25, -0.2) is 0 Å². The van der Waals surface area contributed by atoms with Crippen molar-refractivity contribution < 1.29 is 27.8 Å². The number of nitrogens with zero attached hydrogens (tertiary/aromatic N) is 2. The second-order valence-electron chi connectivity index (χ2n) is 7.03. The molecule has 2 heterocycles. The van der Waals surface area contributed by atoms with E-state index in [1.54, 1.807) is 10.7 Å². The van der Waals surface area contributed by atoms with Gasteiger partial charge in [0.15, 0.2) is 17.2 Å². The summed E-state index contributed by atoms with van der Waals surface area (Å²) in [6.45, 7) is 0.801. The molecule has 0 fully saturated rings. The minimum absolute atomic E-state index is 0.0962. The van der Waals surface area contributed by atoms with Crippen LogP contribution in [0.2, 0.25) is 0 Å². The molecule has 0 aliphatic carbocycles. The zero-order valence-electron chi connectivity index (χ0n) is 16.6. The maximum Gasteiger partial charge on any atom is 0.586 e. The lowest BCUT2D eigenvalue weighted by molar-refractivity contribution is -0.286. The maximum atomic E-state index is 13.2. The highest BCUT2D eigenvalue weighted by Crippen LogP contribution is 2.42. The van der Waals surface area contributed by atoms with Gasteiger partial charge in [-0.2, -0.15) is 5.10 Å². The topological polar surface area (TPSA) is 74.6 Å². The van der Waals surface area contributed by atoms with Crippen LogP contribution in [0.1, 0.15) is 10.5 Å². The Morgan fingerprint density at radius 1 is 1.00 bits per heavy atom. The first-order valence-electron chi connectivity index (χ1n) is 9.83. The summed E-state index contributed by atoms with van der Waals surface area (Å²) in [5, 5.41) is 7.80. The Morgan fingerprint density at radius 2 is 1.75 bits per heavy atom. The molecule has 0 saturated carbocycles. The summed E-state index contributed by atoms with van der Waals surface area (Å²) in [7, 11) is 0. The molecule has 5 rings (SSSR count). The van der Waals surface area contributed by atoms with Crippen molar-refractivity contribution in [1.82, 2.24) is 9.78 Å². The molecule has 0 atom stereocenters. The highest BCUT2D eigenvalue weighted by molar-refractivity contribution is 6.11. The summed E-state index contributed by atoms with van der Waals surface area (Å²) in [5.74, 6) is 0.0206. The number of aromatic nitrogens is 2. The molecule has 1 aliphatic rings. The Morgan fingerprint density at radius 3 is 2.59 bits per heavy atom. The van der Waals surface area contributed by atoms with Crippen LogP contribution in [0.25, 0.3) is 10.9 Å². The Balaban J connectivity index is 1.34. The van der Waals surface area contributed by atoms with E-state index in [2.05, 4.69) is 19.9 Å². The van der Waals surface area contributed by atoms with Gasteiger partial charge in [-0.1, -0.05) is 36.4 Å². The van der Waals surface area contributed by atoms with E-state index in [1.165, 1.54) is 18.2 Å². The first-order valence-corrected chi connectivity index (χ1v) is 9.83. The van der Waals surface area contributed by atoms with Crippen LogP contribution < -0.4 is 19.5 Å². The number of benzene rings is 3. The van der Waals surface area contributed by atoms with E-state index >= 15 is 0 Å². The number of carbonyl (C=O) groups excluding carboxylic acids is 1. The van der Waals surface area contributed by atoms with Crippen LogP contribution >= 0.6 is 0 Å². The van der Waals surface area contributed by atoms with Gasteiger partial charge in [-0.15, -0.1) is 8.78 Å².